The molecule has 3 heterocycles. The van der Waals surface area contributed by atoms with Crippen LogP contribution in [0.5, 0.6) is 0 Å². The van der Waals surface area contributed by atoms with E-state index in [0.29, 0.717) is 5.69 Å². The van der Waals surface area contributed by atoms with Gasteiger partial charge in [0.25, 0.3) is 0 Å². The molecule has 1 aromatic rings. The molecule has 1 spiro atoms. The Balaban J connectivity index is 1.66. The zero-order valence-corrected chi connectivity index (χ0v) is 11.8. The molecular formula is C14H22N4O2. The molecule has 3 N–H and O–H groups in total. The van der Waals surface area contributed by atoms with E-state index < -0.39 is 0 Å². The normalized spacial score (nSPS) is 29.1. The lowest BCUT2D eigenvalue weighted by Gasteiger charge is -2.41. The van der Waals surface area contributed by atoms with Gasteiger partial charge in [0.05, 0.1) is 37.4 Å². The molecule has 1 aromatic heterocycles. The first kappa shape index (κ1) is 13.7. The zero-order valence-electron chi connectivity index (χ0n) is 11.8. The Bertz CT molecular complexity index is 457. The molecule has 2 aliphatic heterocycles. The summed E-state index contributed by atoms with van der Waals surface area (Å²) < 4.78 is 5.73. The van der Waals surface area contributed by atoms with Crippen LogP contribution >= 0.6 is 0 Å². The summed E-state index contributed by atoms with van der Waals surface area (Å²) in [6.45, 7) is 4.62. The summed E-state index contributed by atoms with van der Waals surface area (Å²) in [5, 5.41) is 8.99. The fraction of sp³-hybridized carbons (Fsp3) is 0.714. The molecule has 6 heteroatoms. The second kappa shape index (κ2) is 5.27. The third-order valence-corrected chi connectivity index (χ3v) is 4.78. The highest BCUT2D eigenvalue weighted by Crippen LogP contribution is 2.41. The van der Waals surface area contributed by atoms with Crippen molar-refractivity contribution in [2.75, 3.05) is 24.6 Å². The molecule has 0 saturated carbocycles. The fourth-order valence-electron chi connectivity index (χ4n) is 3.25. The number of nitrogens with zero attached hydrogens (tertiary/aromatic N) is 3. The van der Waals surface area contributed by atoms with Gasteiger partial charge in [-0.15, -0.1) is 0 Å². The van der Waals surface area contributed by atoms with Gasteiger partial charge in [0, 0.05) is 24.5 Å². The molecule has 0 radical (unpaired) electrons. The van der Waals surface area contributed by atoms with Crippen molar-refractivity contribution >= 4 is 5.82 Å². The molecule has 6 nitrogen and oxygen atoms in total. The van der Waals surface area contributed by atoms with Gasteiger partial charge in [0.1, 0.15) is 5.82 Å². The Kier molecular flexibility index (Phi) is 3.62. The molecule has 110 valence electrons. The van der Waals surface area contributed by atoms with E-state index in [1.807, 2.05) is 0 Å². The number of aromatic nitrogens is 2. The average Bonchev–Trinajstić information content (AvgIpc) is 2.77. The molecule has 0 unspecified atom stereocenters. The minimum Gasteiger partial charge on any atom is -0.390 e. The van der Waals surface area contributed by atoms with Crippen LogP contribution in [0.2, 0.25) is 0 Å². The second-order valence-electron chi connectivity index (χ2n) is 5.92. The summed E-state index contributed by atoms with van der Waals surface area (Å²) in [7, 11) is 0. The van der Waals surface area contributed by atoms with Crippen molar-refractivity contribution in [3.8, 4) is 0 Å². The number of hydrogen-bond acceptors (Lipinski definition) is 6. The Morgan fingerprint density at radius 1 is 1.40 bits per heavy atom. The van der Waals surface area contributed by atoms with Crippen LogP contribution < -0.4 is 10.6 Å². The lowest BCUT2D eigenvalue weighted by atomic mass is 9.73. The van der Waals surface area contributed by atoms with Crippen molar-refractivity contribution < 1.29 is 9.84 Å². The molecular weight excluding hydrogens is 256 g/mol. The van der Waals surface area contributed by atoms with Gasteiger partial charge in [-0.05, 0) is 19.8 Å². The minimum atomic E-state index is -0.0690. The van der Waals surface area contributed by atoms with Crippen LogP contribution in [0.1, 0.15) is 25.5 Å². The Hall–Kier alpha value is -1.24. The van der Waals surface area contributed by atoms with Gasteiger partial charge in [0.15, 0.2) is 0 Å². The number of ether oxygens (including phenoxy) is 1. The lowest BCUT2D eigenvalue weighted by molar-refractivity contribution is 0.0974. The van der Waals surface area contributed by atoms with E-state index in [1.165, 1.54) is 0 Å². The predicted molar refractivity (Wildman–Crippen MR) is 75.2 cm³/mol. The number of anilines is 1. The number of aliphatic hydroxyl groups excluding tert-OH is 1. The minimum absolute atomic E-state index is 0.0690. The van der Waals surface area contributed by atoms with Gasteiger partial charge in [0.2, 0.25) is 0 Å². The molecule has 0 amide bonds. The summed E-state index contributed by atoms with van der Waals surface area (Å²) in [5.74, 6) is 0.873. The summed E-state index contributed by atoms with van der Waals surface area (Å²) in [5.41, 5.74) is 7.04. The highest BCUT2D eigenvalue weighted by molar-refractivity contribution is 5.36. The second-order valence-corrected chi connectivity index (χ2v) is 5.92. The monoisotopic (exact) mass is 278 g/mol. The van der Waals surface area contributed by atoms with Crippen molar-refractivity contribution in [2.45, 2.75) is 38.5 Å². The molecule has 0 aliphatic carbocycles. The molecule has 0 aromatic carbocycles. The largest absolute Gasteiger partial charge is 0.390 e. The summed E-state index contributed by atoms with van der Waals surface area (Å²) in [4.78, 5) is 10.8. The number of nitrogens with two attached hydrogens (primary N) is 1. The highest BCUT2D eigenvalue weighted by atomic mass is 16.5. The first-order chi connectivity index (χ1) is 9.64. The molecule has 0 bridgehead atoms. The first-order valence-corrected chi connectivity index (χ1v) is 7.18. The number of piperidine rings is 1. The standard InChI is InChI=1S/C14H22N4O2/c1-10-13(15)14(9-20-10)2-4-18(5-3-14)12-7-16-11(8-19)6-17-12/h6-7,10,13,19H,2-5,8-9,15H2,1H3/t10-,13+/m0/s1. The molecule has 2 atom stereocenters. The van der Waals surface area contributed by atoms with Crippen LogP contribution in [0.3, 0.4) is 0 Å². The third kappa shape index (κ3) is 2.28. The lowest BCUT2D eigenvalue weighted by Crippen LogP contribution is -2.50. The van der Waals surface area contributed by atoms with E-state index in [9.17, 15) is 0 Å². The molecule has 20 heavy (non-hydrogen) atoms. The fourth-order valence-corrected chi connectivity index (χ4v) is 3.25. The zero-order chi connectivity index (χ0) is 14.2. The third-order valence-electron chi connectivity index (χ3n) is 4.78. The maximum atomic E-state index is 8.99. The van der Waals surface area contributed by atoms with Crippen molar-refractivity contribution in [3.05, 3.63) is 18.1 Å². The van der Waals surface area contributed by atoms with Crippen molar-refractivity contribution in [1.29, 1.82) is 0 Å². The van der Waals surface area contributed by atoms with E-state index in [2.05, 4.69) is 21.8 Å². The molecule has 2 fully saturated rings. The molecule has 2 saturated heterocycles. The first-order valence-electron chi connectivity index (χ1n) is 7.18. The molecule has 2 aliphatic rings. The Morgan fingerprint density at radius 3 is 2.65 bits per heavy atom. The van der Waals surface area contributed by atoms with Gasteiger partial charge in [-0.1, -0.05) is 0 Å². The number of hydrogen-bond donors (Lipinski definition) is 2. The van der Waals surface area contributed by atoms with E-state index in [1.54, 1.807) is 12.4 Å². The van der Waals surface area contributed by atoms with Gasteiger partial charge in [-0.3, -0.25) is 4.98 Å². The summed E-state index contributed by atoms with van der Waals surface area (Å²) in [6, 6.07) is 0.132. The number of aliphatic hydroxyl groups is 1. The van der Waals surface area contributed by atoms with Gasteiger partial charge < -0.3 is 20.5 Å². The van der Waals surface area contributed by atoms with E-state index in [0.717, 1.165) is 38.4 Å². The van der Waals surface area contributed by atoms with Gasteiger partial charge in [-0.25, -0.2) is 4.98 Å². The van der Waals surface area contributed by atoms with Crippen molar-refractivity contribution in [2.24, 2.45) is 11.1 Å². The Labute approximate surface area is 119 Å². The average molecular weight is 278 g/mol. The van der Waals surface area contributed by atoms with Gasteiger partial charge in [-0.2, -0.15) is 0 Å². The van der Waals surface area contributed by atoms with Crippen LogP contribution in [-0.4, -0.2) is 46.9 Å². The highest BCUT2D eigenvalue weighted by Gasteiger charge is 2.47. The topological polar surface area (TPSA) is 84.5 Å². The maximum absolute atomic E-state index is 8.99. The Morgan fingerprint density at radius 2 is 2.15 bits per heavy atom. The SMILES string of the molecule is C[C@@H]1OCC2(CCN(c3cnc(CO)cn3)CC2)[C@@H]1N. The van der Waals surface area contributed by atoms with Crippen molar-refractivity contribution in [3.63, 3.8) is 0 Å². The summed E-state index contributed by atoms with van der Waals surface area (Å²) in [6.07, 6.45) is 5.58. The number of rotatable bonds is 2. The van der Waals surface area contributed by atoms with Crippen LogP contribution in [0.25, 0.3) is 0 Å². The van der Waals surface area contributed by atoms with E-state index in [-0.39, 0.29) is 24.2 Å². The van der Waals surface area contributed by atoms with Crippen molar-refractivity contribution in [1.82, 2.24) is 9.97 Å². The summed E-state index contributed by atoms with van der Waals surface area (Å²) >= 11 is 0. The quantitative estimate of drug-likeness (QED) is 0.809. The van der Waals surface area contributed by atoms with Gasteiger partial charge >= 0.3 is 0 Å². The maximum Gasteiger partial charge on any atom is 0.147 e. The van der Waals surface area contributed by atoms with Crippen LogP contribution in [0.15, 0.2) is 12.4 Å². The van der Waals surface area contributed by atoms with E-state index >= 15 is 0 Å². The van der Waals surface area contributed by atoms with Crippen LogP contribution in [0, 0.1) is 5.41 Å². The predicted octanol–water partition coefficient (Wildman–Crippen LogP) is 0.301. The smallest absolute Gasteiger partial charge is 0.147 e. The van der Waals surface area contributed by atoms with Crippen LogP contribution in [0.4, 0.5) is 5.82 Å². The van der Waals surface area contributed by atoms with E-state index in [4.69, 9.17) is 15.6 Å². The van der Waals surface area contributed by atoms with Crippen LogP contribution in [-0.2, 0) is 11.3 Å². The molecule has 3 rings (SSSR count).